The van der Waals surface area contributed by atoms with Gasteiger partial charge in [-0.15, -0.1) is 0 Å². The van der Waals surface area contributed by atoms with Gasteiger partial charge in [-0.05, 0) is 84.8 Å². The molecule has 4 aliphatic rings. The maximum Gasteiger partial charge on any atom is 0.319 e. The number of phenols is 1. The number of hydrogen-bond donors (Lipinski definition) is 1. The highest BCUT2D eigenvalue weighted by Gasteiger charge is 2.49. The molecule has 4 aromatic rings. The van der Waals surface area contributed by atoms with Crippen molar-refractivity contribution in [1.82, 2.24) is 14.9 Å². The van der Waals surface area contributed by atoms with E-state index in [1.54, 1.807) is 6.92 Å². The number of rotatable bonds is 6. The van der Waals surface area contributed by atoms with Gasteiger partial charge in [-0.25, -0.2) is 17.6 Å². The Bertz CT molecular complexity index is 1870. The van der Waals surface area contributed by atoms with Crippen molar-refractivity contribution in [2.24, 2.45) is 0 Å². The van der Waals surface area contributed by atoms with Crippen LogP contribution < -0.4 is 9.64 Å². The molecule has 7 nitrogen and oxygen atoms in total. The van der Waals surface area contributed by atoms with E-state index in [1.165, 1.54) is 30.3 Å². The first kappa shape index (κ1) is 29.7. The largest absolute Gasteiger partial charge is 0.508 e. The van der Waals surface area contributed by atoms with E-state index in [4.69, 9.17) is 14.5 Å². The molecular formula is C35H36F4N4O3. The van der Waals surface area contributed by atoms with Gasteiger partial charge in [0.15, 0.2) is 5.82 Å². The third-order valence-electron chi connectivity index (χ3n) is 10.7. The number of aromatic hydroxyl groups is 1. The molecule has 3 atom stereocenters. The Morgan fingerprint density at radius 3 is 2.65 bits per heavy atom. The minimum atomic E-state index is -0.960. The van der Waals surface area contributed by atoms with E-state index in [0.717, 1.165) is 38.6 Å². The molecule has 3 aromatic carbocycles. The van der Waals surface area contributed by atoms with Crippen LogP contribution in [0.25, 0.3) is 32.8 Å². The van der Waals surface area contributed by atoms with Crippen molar-refractivity contribution in [3.63, 3.8) is 0 Å². The van der Waals surface area contributed by atoms with Crippen molar-refractivity contribution in [3.8, 4) is 22.9 Å². The van der Waals surface area contributed by atoms with Crippen LogP contribution >= 0.6 is 0 Å². The van der Waals surface area contributed by atoms with E-state index in [0.29, 0.717) is 54.8 Å². The second-order valence-corrected chi connectivity index (χ2v) is 13.4. The molecular weight excluding hydrogens is 600 g/mol. The predicted molar refractivity (Wildman–Crippen MR) is 167 cm³/mol. The predicted octanol–water partition coefficient (Wildman–Crippen LogP) is 6.85. The van der Waals surface area contributed by atoms with E-state index in [9.17, 15) is 13.9 Å². The Balaban J connectivity index is 1.30. The van der Waals surface area contributed by atoms with Crippen LogP contribution in [0, 0.1) is 17.5 Å². The van der Waals surface area contributed by atoms with Gasteiger partial charge in [-0.2, -0.15) is 9.97 Å². The average molecular weight is 637 g/mol. The van der Waals surface area contributed by atoms with E-state index in [2.05, 4.69) is 9.88 Å². The van der Waals surface area contributed by atoms with E-state index in [1.807, 2.05) is 4.90 Å². The number of nitrogens with zero attached hydrogens (tertiary/aromatic N) is 4. The molecule has 0 aliphatic carbocycles. The number of hydrogen-bond acceptors (Lipinski definition) is 7. The summed E-state index contributed by atoms with van der Waals surface area (Å²) in [6, 6.07) is 6.64. The highest BCUT2D eigenvalue weighted by Crippen LogP contribution is 2.44. The monoisotopic (exact) mass is 636 g/mol. The standard InChI is InChI=1S/C35H36F4N4O3/c1-2-23-26(37)6-5-20-13-22(44)14-24(28(20)23)29-27(38)15-25-31(30(29)39)40-33(45-19-34-7-3-11-43(34)17-21(36)16-34)41-32(25)42-10-4-8-35(18-42)9-12-46-35/h5-6,13-15,21,44H,2-4,7-12,16-19H2,1H3/t21-,34+,35+/m1/s1. The number of fused-ring (bicyclic) bond motifs is 3. The fraction of sp³-hybridized carbons (Fsp3) is 0.486. The van der Waals surface area contributed by atoms with Gasteiger partial charge in [0.1, 0.15) is 41.5 Å². The quantitative estimate of drug-likeness (QED) is 0.232. The molecule has 1 aromatic heterocycles. The smallest absolute Gasteiger partial charge is 0.319 e. The van der Waals surface area contributed by atoms with Crippen LogP contribution in [-0.4, -0.2) is 76.7 Å². The van der Waals surface area contributed by atoms with Gasteiger partial charge in [0.25, 0.3) is 0 Å². The lowest BCUT2D eigenvalue weighted by atomic mass is 9.85. The summed E-state index contributed by atoms with van der Waals surface area (Å²) in [7, 11) is 0. The number of aryl methyl sites for hydroxylation is 1. The van der Waals surface area contributed by atoms with Crippen LogP contribution in [0.5, 0.6) is 11.8 Å². The summed E-state index contributed by atoms with van der Waals surface area (Å²) in [5.41, 5.74) is -1.03. The fourth-order valence-electron chi connectivity index (χ4n) is 8.39. The van der Waals surface area contributed by atoms with Gasteiger partial charge < -0.3 is 19.5 Å². The number of piperidine rings is 1. The van der Waals surface area contributed by atoms with Crippen molar-refractivity contribution in [2.45, 2.75) is 69.2 Å². The maximum atomic E-state index is 16.9. The average Bonchev–Trinajstić information content (AvgIpc) is 3.55. The van der Waals surface area contributed by atoms with Crippen LogP contribution in [0.2, 0.25) is 0 Å². The fourth-order valence-corrected chi connectivity index (χ4v) is 8.39. The lowest BCUT2D eigenvalue weighted by molar-refractivity contribution is -0.151. The van der Waals surface area contributed by atoms with Crippen molar-refractivity contribution < 1.29 is 32.1 Å². The topological polar surface area (TPSA) is 71.0 Å². The first-order chi connectivity index (χ1) is 22.2. The molecule has 242 valence electrons. The van der Waals surface area contributed by atoms with Crippen molar-refractivity contribution in [1.29, 1.82) is 0 Å². The molecule has 0 unspecified atom stereocenters. The van der Waals surface area contributed by atoms with Crippen LogP contribution in [0.4, 0.5) is 23.4 Å². The van der Waals surface area contributed by atoms with Crippen LogP contribution in [0.3, 0.4) is 0 Å². The summed E-state index contributed by atoms with van der Waals surface area (Å²) in [4.78, 5) is 13.3. The molecule has 11 heteroatoms. The SMILES string of the molecule is CCc1c(F)ccc2cc(O)cc(-c3c(F)cc4c(N5CCC[C@]6(CCO6)C5)nc(OC[C@@]56CCCN5C[C@H](F)C6)nc4c3F)c12. The normalized spacial score (nSPS) is 26.3. The lowest BCUT2D eigenvalue weighted by Gasteiger charge is -2.48. The van der Waals surface area contributed by atoms with Gasteiger partial charge in [-0.3, -0.25) is 4.90 Å². The van der Waals surface area contributed by atoms with Crippen molar-refractivity contribution in [3.05, 3.63) is 53.3 Å². The molecule has 0 radical (unpaired) electrons. The first-order valence-corrected chi connectivity index (χ1v) is 16.2. The molecule has 4 fully saturated rings. The summed E-state index contributed by atoms with van der Waals surface area (Å²) in [6.45, 7) is 4.86. The highest BCUT2D eigenvalue weighted by atomic mass is 19.1. The van der Waals surface area contributed by atoms with Crippen molar-refractivity contribution in [2.75, 3.05) is 44.3 Å². The molecule has 4 saturated heterocycles. The molecule has 0 saturated carbocycles. The number of benzene rings is 3. The Kier molecular flexibility index (Phi) is 7.06. The molecule has 1 N–H and O–H groups in total. The zero-order chi connectivity index (χ0) is 31.8. The minimum absolute atomic E-state index is 0.0334. The van der Waals surface area contributed by atoms with Crippen LogP contribution in [0.1, 0.15) is 51.0 Å². The van der Waals surface area contributed by atoms with Crippen LogP contribution in [-0.2, 0) is 11.2 Å². The Morgan fingerprint density at radius 1 is 1.04 bits per heavy atom. The summed E-state index contributed by atoms with van der Waals surface area (Å²) in [5.74, 6) is -2.20. The number of ether oxygens (including phenoxy) is 2. The molecule has 46 heavy (non-hydrogen) atoms. The number of alkyl halides is 1. The van der Waals surface area contributed by atoms with E-state index >= 15 is 8.78 Å². The highest BCUT2D eigenvalue weighted by molar-refractivity contribution is 6.03. The van der Waals surface area contributed by atoms with Crippen molar-refractivity contribution >= 4 is 27.5 Å². The molecule has 1 spiro atoms. The second kappa shape index (κ2) is 10.9. The van der Waals surface area contributed by atoms with Gasteiger partial charge in [0, 0.05) is 37.9 Å². The number of phenolic OH excluding ortho intramolecular Hbond substituents is 1. The summed E-state index contributed by atoms with van der Waals surface area (Å²) in [5, 5.41) is 11.5. The number of anilines is 1. The van der Waals surface area contributed by atoms with Gasteiger partial charge in [0.2, 0.25) is 0 Å². The number of halogens is 4. The molecule has 5 heterocycles. The number of aromatic nitrogens is 2. The van der Waals surface area contributed by atoms with Gasteiger partial charge in [-0.1, -0.05) is 13.0 Å². The summed E-state index contributed by atoms with van der Waals surface area (Å²) >= 11 is 0. The Morgan fingerprint density at radius 2 is 1.87 bits per heavy atom. The zero-order valence-corrected chi connectivity index (χ0v) is 25.7. The Labute approximate surface area is 264 Å². The minimum Gasteiger partial charge on any atom is -0.508 e. The van der Waals surface area contributed by atoms with E-state index < -0.39 is 34.7 Å². The van der Waals surface area contributed by atoms with Crippen LogP contribution in [0.15, 0.2) is 30.3 Å². The van der Waals surface area contributed by atoms with Gasteiger partial charge in [0.05, 0.1) is 23.3 Å². The maximum absolute atomic E-state index is 16.9. The molecule has 8 rings (SSSR count). The summed E-state index contributed by atoms with van der Waals surface area (Å²) in [6.07, 6.45) is 4.01. The first-order valence-electron chi connectivity index (χ1n) is 16.2. The molecule has 0 amide bonds. The lowest BCUT2D eigenvalue weighted by Crippen LogP contribution is -2.56. The van der Waals surface area contributed by atoms with E-state index in [-0.39, 0.29) is 46.9 Å². The zero-order valence-electron chi connectivity index (χ0n) is 25.7. The Hall–Kier alpha value is -3.70. The molecule has 0 bridgehead atoms. The third kappa shape index (κ3) is 4.68. The van der Waals surface area contributed by atoms with Gasteiger partial charge >= 0.3 is 6.01 Å². The second-order valence-electron chi connectivity index (χ2n) is 13.4. The third-order valence-corrected chi connectivity index (χ3v) is 10.7. The molecule has 4 aliphatic heterocycles. The summed E-state index contributed by atoms with van der Waals surface area (Å²) < 4.78 is 74.8.